The third-order valence-electron chi connectivity index (χ3n) is 6.93. The summed E-state index contributed by atoms with van der Waals surface area (Å²) in [7, 11) is 0. The molecule has 0 bridgehead atoms. The average molecular weight is 473 g/mol. The molecular formula is C29H29ClN2O2. The molecule has 3 aromatic rings. The zero-order valence-corrected chi connectivity index (χ0v) is 20.0. The second-order valence-corrected chi connectivity index (χ2v) is 9.54. The molecule has 0 radical (unpaired) electrons. The fraction of sp³-hybridized carbons (Fsp3) is 0.276. The van der Waals surface area contributed by atoms with E-state index in [1.807, 2.05) is 48.5 Å². The summed E-state index contributed by atoms with van der Waals surface area (Å²) in [6, 6.07) is 17.8. The predicted octanol–water partition coefficient (Wildman–Crippen LogP) is 6.48. The first-order valence-electron chi connectivity index (χ1n) is 11.8. The van der Waals surface area contributed by atoms with Crippen molar-refractivity contribution in [3.05, 3.63) is 101 Å². The van der Waals surface area contributed by atoms with Crippen molar-refractivity contribution in [1.82, 2.24) is 9.88 Å². The number of pyridine rings is 1. The molecule has 2 aliphatic heterocycles. The quantitative estimate of drug-likeness (QED) is 0.461. The lowest BCUT2D eigenvalue weighted by Gasteiger charge is -2.38. The standard InChI is InChI=1S/C29H29ClN2O2/c1-2-21-7-12-27-23(19-21)20-22(26-6-3-15-31-28(26)34-27)5-4-16-32-17-13-29(33,14-18-32)24-8-10-25(30)11-9-24/h2-3,5-12,15,19,33H,1,4,13-14,16-18,20H2/b22-5-. The summed E-state index contributed by atoms with van der Waals surface area (Å²) in [6.45, 7) is 6.59. The number of hydrogen-bond acceptors (Lipinski definition) is 4. The minimum absolute atomic E-state index is 0.657. The molecule has 1 aromatic heterocycles. The molecule has 5 rings (SSSR count). The number of ether oxygens (including phenoxy) is 1. The summed E-state index contributed by atoms with van der Waals surface area (Å²) in [5.74, 6) is 1.51. The van der Waals surface area contributed by atoms with Crippen molar-refractivity contribution in [2.75, 3.05) is 19.6 Å². The highest BCUT2D eigenvalue weighted by Crippen LogP contribution is 2.38. The molecule has 174 valence electrons. The molecular weight excluding hydrogens is 444 g/mol. The fourth-order valence-corrected chi connectivity index (χ4v) is 5.01. The molecule has 0 aliphatic carbocycles. The van der Waals surface area contributed by atoms with Gasteiger partial charge in [0.25, 0.3) is 0 Å². The van der Waals surface area contributed by atoms with Gasteiger partial charge in [0.2, 0.25) is 5.88 Å². The highest BCUT2D eigenvalue weighted by Gasteiger charge is 2.33. The van der Waals surface area contributed by atoms with Crippen LogP contribution in [0.15, 0.2) is 73.4 Å². The van der Waals surface area contributed by atoms with Crippen molar-refractivity contribution < 1.29 is 9.84 Å². The molecule has 0 spiro atoms. The van der Waals surface area contributed by atoms with Gasteiger partial charge in [-0.05, 0) is 77.9 Å². The second-order valence-electron chi connectivity index (χ2n) is 9.10. The third-order valence-corrected chi connectivity index (χ3v) is 7.18. The molecule has 0 atom stereocenters. The second kappa shape index (κ2) is 9.75. The number of aromatic nitrogens is 1. The van der Waals surface area contributed by atoms with Crippen molar-refractivity contribution in [3.63, 3.8) is 0 Å². The Labute approximate surface area is 206 Å². The first-order valence-corrected chi connectivity index (χ1v) is 12.2. The van der Waals surface area contributed by atoms with Gasteiger partial charge in [-0.25, -0.2) is 4.98 Å². The Hall–Kier alpha value is -2.92. The van der Waals surface area contributed by atoms with Crippen molar-refractivity contribution in [1.29, 1.82) is 0 Å². The highest BCUT2D eigenvalue weighted by atomic mass is 35.5. The van der Waals surface area contributed by atoms with Crippen LogP contribution in [0.4, 0.5) is 0 Å². The number of aliphatic hydroxyl groups is 1. The Balaban J connectivity index is 1.27. The predicted molar refractivity (Wildman–Crippen MR) is 138 cm³/mol. The van der Waals surface area contributed by atoms with Crippen LogP contribution < -0.4 is 4.74 Å². The molecule has 3 heterocycles. The van der Waals surface area contributed by atoms with Crippen molar-refractivity contribution in [2.24, 2.45) is 0 Å². The number of hydrogen-bond donors (Lipinski definition) is 1. The van der Waals surface area contributed by atoms with E-state index < -0.39 is 5.60 Å². The van der Waals surface area contributed by atoms with E-state index in [4.69, 9.17) is 16.3 Å². The average Bonchev–Trinajstić information content (AvgIpc) is 3.01. The molecule has 1 fully saturated rings. The van der Waals surface area contributed by atoms with E-state index >= 15 is 0 Å². The number of allylic oxidation sites excluding steroid dienone is 1. The van der Waals surface area contributed by atoms with Gasteiger partial charge in [0.15, 0.2) is 0 Å². The Morgan fingerprint density at radius 3 is 2.68 bits per heavy atom. The van der Waals surface area contributed by atoms with Gasteiger partial charge in [0.05, 0.1) is 5.60 Å². The van der Waals surface area contributed by atoms with Crippen LogP contribution >= 0.6 is 11.6 Å². The Bertz CT molecular complexity index is 1210. The largest absolute Gasteiger partial charge is 0.438 e. The van der Waals surface area contributed by atoms with Crippen LogP contribution in [-0.4, -0.2) is 34.6 Å². The smallest absolute Gasteiger partial charge is 0.226 e. The molecule has 1 N–H and O–H groups in total. The van der Waals surface area contributed by atoms with Gasteiger partial charge < -0.3 is 14.7 Å². The maximum absolute atomic E-state index is 11.1. The van der Waals surface area contributed by atoms with Crippen molar-refractivity contribution in [3.8, 4) is 11.6 Å². The molecule has 0 saturated carbocycles. The summed E-state index contributed by atoms with van der Waals surface area (Å²) in [4.78, 5) is 6.92. The zero-order valence-electron chi connectivity index (χ0n) is 19.2. The molecule has 2 aliphatic rings. The molecule has 4 nitrogen and oxygen atoms in total. The number of fused-ring (bicyclic) bond motifs is 2. The van der Waals surface area contributed by atoms with Gasteiger partial charge in [0.1, 0.15) is 5.75 Å². The van der Waals surface area contributed by atoms with Gasteiger partial charge >= 0.3 is 0 Å². The normalized spacial score (nSPS) is 18.5. The fourth-order valence-electron chi connectivity index (χ4n) is 4.88. The number of piperidine rings is 1. The Morgan fingerprint density at radius 2 is 1.91 bits per heavy atom. The van der Waals surface area contributed by atoms with Gasteiger partial charge in [-0.1, -0.05) is 48.5 Å². The van der Waals surface area contributed by atoms with E-state index in [0.717, 1.165) is 73.3 Å². The molecule has 34 heavy (non-hydrogen) atoms. The van der Waals surface area contributed by atoms with Crippen LogP contribution in [0.25, 0.3) is 11.6 Å². The third kappa shape index (κ3) is 4.80. The summed E-state index contributed by atoms with van der Waals surface area (Å²) >= 11 is 6.01. The lowest BCUT2D eigenvalue weighted by Crippen LogP contribution is -2.42. The number of halogens is 1. The summed E-state index contributed by atoms with van der Waals surface area (Å²) in [5, 5.41) is 11.8. The molecule has 0 unspecified atom stereocenters. The topological polar surface area (TPSA) is 45.6 Å². The first kappa shape index (κ1) is 22.9. The monoisotopic (exact) mass is 472 g/mol. The first-order chi connectivity index (χ1) is 16.5. The lowest BCUT2D eigenvalue weighted by molar-refractivity contribution is -0.0254. The van der Waals surface area contributed by atoms with E-state index in [1.54, 1.807) is 6.20 Å². The van der Waals surface area contributed by atoms with Gasteiger partial charge in [-0.2, -0.15) is 0 Å². The Kier molecular flexibility index (Phi) is 6.55. The van der Waals surface area contributed by atoms with Crippen LogP contribution in [-0.2, 0) is 12.0 Å². The van der Waals surface area contributed by atoms with E-state index in [2.05, 4.69) is 34.7 Å². The highest BCUT2D eigenvalue weighted by molar-refractivity contribution is 6.30. The summed E-state index contributed by atoms with van der Waals surface area (Å²) in [6.07, 6.45) is 9.13. The van der Waals surface area contributed by atoms with Crippen LogP contribution in [0.5, 0.6) is 11.6 Å². The maximum Gasteiger partial charge on any atom is 0.226 e. The zero-order chi connectivity index (χ0) is 23.5. The number of likely N-dealkylation sites (tertiary alicyclic amines) is 1. The van der Waals surface area contributed by atoms with Crippen molar-refractivity contribution in [2.45, 2.75) is 31.3 Å². The molecule has 5 heteroatoms. The van der Waals surface area contributed by atoms with Crippen LogP contribution in [0.3, 0.4) is 0 Å². The molecule has 1 saturated heterocycles. The maximum atomic E-state index is 11.1. The SMILES string of the molecule is C=Cc1ccc2c(c1)C/C(=C/CCN1CCC(O)(c3ccc(Cl)cc3)CC1)c1cccnc1O2. The number of rotatable bonds is 5. The van der Waals surface area contributed by atoms with Crippen molar-refractivity contribution >= 4 is 23.3 Å². The summed E-state index contributed by atoms with van der Waals surface area (Å²) in [5.41, 5.74) is 4.70. The minimum Gasteiger partial charge on any atom is -0.438 e. The van der Waals surface area contributed by atoms with Gasteiger partial charge in [0, 0.05) is 42.8 Å². The Morgan fingerprint density at radius 1 is 1.12 bits per heavy atom. The van der Waals surface area contributed by atoms with Gasteiger partial charge in [-0.3, -0.25) is 0 Å². The van der Waals surface area contributed by atoms with E-state index in [1.165, 1.54) is 5.57 Å². The van der Waals surface area contributed by atoms with E-state index in [0.29, 0.717) is 10.9 Å². The van der Waals surface area contributed by atoms with Gasteiger partial charge in [-0.15, -0.1) is 0 Å². The summed E-state index contributed by atoms with van der Waals surface area (Å²) < 4.78 is 6.17. The van der Waals surface area contributed by atoms with E-state index in [-0.39, 0.29) is 0 Å². The number of benzene rings is 2. The molecule has 2 aromatic carbocycles. The number of nitrogens with zero attached hydrogens (tertiary/aromatic N) is 2. The van der Waals surface area contributed by atoms with Crippen LogP contribution in [0, 0.1) is 0 Å². The van der Waals surface area contributed by atoms with E-state index in [9.17, 15) is 5.11 Å². The van der Waals surface area contributed by atoms with Crippen LogP contribution in [0.2, 0.25) is 5.02 Å². The molecule has 0 amide bonds. The minimum atomic E-state index is -0.768. The lowest BCUT2D eigenvalue weighted by atomic mass is 9.84. The van der Waals surface area contributed by atoms with Crippen LogP contribution in [0.1, 0.15) is 41.5 Å².